The number of amides is 1. The Labute approximate surface area is 82.9 Å². The Balaban J connectivity index is 2.45. The average molecular weight is 198 g/mol. The predicted octanol–water partition coefficient (Wildman–Crippen LogP) is 0.841. The van der Waals surface area contributed by atoms with Gasteiger partial charge in [-0.05, 0) is 19.3 Å². The summed E-state index contributed by atoms with van der Waals surface area (Å²) in [5.41, 5.74) is 0. The summed E-state index contributed by atoms with van der Waals surface area (Å²) in [6.45, 7) is 2.43. The number of nitrogens with zero attached hydrogens (tertiary/aromatic N) is 2. The number of likely N-dealkylation sites (tertiary alicyclic amines) is 1. The Morgan fingerprint density at radius 1 is 1.50 bits per heavy atom. The standard InChI is InChI=1S/C9H14N2O3/c1-9(13,7-10)14-8(12)11-5-3-2-4-6-11/h13H,2-6H2,1H3. The third-order valence-corrected chi connectivity index (χ3v) is 2.11. The molecule has 0 spiro atoms. The topological polar surface area (TPSA) is 73.6 Å². The van der Waals surface area contributed by atoms with Crippen LogP contribution in [0.4, 0.5) is 4.79 Å². The second-order valence-electron chi connectivity index (χ2n) is 3.51. The summed E-state index contributed by atoms with van der Waals surface area (Å²) in [6, 6.07) is 1.50. The summed E-state index contributed by atoms with van der Waals surface area (Å²) in [7, 11) is 0. The van der Waals surface area contributed by atoms with Crippen molar-refractivity contribution in [3.63, 3.8) is 0 Å². The molecule has 0 aromatic rings. The van der Waals surface area contributed by atoms with Crippen LogP contribution in [0, 0.1) is 11.3 Å². The molecule has 1 amide bonds. The maximum atomic E-state index is 11.4. The van der Waals surface area contributed by atoms with Crippen LogP contribution < -0.4 is 0 Å². The van der Waals surface area contributed by atoms with Gasteiger partial charge in [-0.15, -0.1) is 0 Å². The van der Waals surface area contributed by atoms with E-state index >= 15 is 0 Å². The highest BCUT2D eigenvalue weighted by molar-refractivity contribution is 5.68. The smallest absolute Gasteiger partial charge is 0.403 e. The Kier molecular flexibility index (Phi) is 3.31. The third-order valence-electron chi connectivity index (χ3n) is 2.11. The largest absolute Gasteiger partial charge is 0.413 e. The zero-order chi connectivity index (χ0) is 10.6. The quantitative estimate of drug-likeness (QED) is 0.500. The summed E-state index contributed by atoms with van der Waals surface area (Å²) in [4.78, 5) is 12.9. The number of carbonyl (C=O) groups is 1. The molecule has 1 heterocycles. The van der Waals surface area contributed by atoms with Crippen molar-refractivity contribution in [2.45, 2.75) is 32.0 Å². The van der Waals surface area contributed by atoms with Gasteiger partial charge in [0, 0.05) is 20.0 Å². The number of piperidine rings is 1. The van der Waals surface area contributed by atoms with Crippen molar-refractivity contribution in [1.82, 2.24) is 4.90 Å². The SMILES string of the molecule is CC(O)(C#N)OC(=O)N1CCCCC1. The van der Waals surface area contributed by atoms with Crippen molar-refractivity contribution in [1.29, 1.82) is 5.26 Å². The van der Waals surface area contributed by atoms with E-state index in [9.17, 15) is 9.90 Å². The molecule has 1 N–H and O–H groups in total. The normalized spacial score (nSPS) is 20.8. The Bertz CT molecular complexity index is 251. The van der Waals surface area contributed by atoms with E-state index in [1.165, 1.54) is 11.0 Å². The minimum Gasteiger partial charge on any atom is -0.403 e. The molecule has 0 saturated carbocycles. The molecule has 1 fully saturated rings. The minimum absolute atomic E-state index is 0.615. The van der Waals surface area contributed by atoms with Gasteiger partial charge in [0.25, 0.3) is 5.79 Å². The second-order valence-corrected chi connectivity index (χ2v) is 3.51. The predicted molar refractivity (Wildman–Crippen MR) is 48.1 cm³/mol. The molecule has 0 radical (unpaired) electrons. The van der Waals surface area contributed by atoms with Gasteiger partial charge in [0.15, 0.2) is 0 Å². The van der Waals surface area contributed by atoms with E-state index in [1.807, 2.05) is 0 Å². The lowest BCUT2D eigenvalue weighted by atomic mass is 10.1. The first-order valence-corrected chi connectivity index (χ1v) is 4.67. The fourth-order valence-electron chi connectivity index (χ4n) is 1.33. The van der Waals surface area contributed by atoms with Crippen molar-refractivity contribution in [3.8, 4) is 6.07 Å². The van der Waals surface area contributed by atoms with E-state index in [4.69, 9.17) is 5.26 Å². The second kappa shape index (κ2) is 4.29. The molecule has 1 saturated heterocycles. The van der Waals surface area contributed by atoms with E-state index in [2.05, 4.69) is 4.74 Å². The first-order chi connectivity index (χ1) is 6.55. The molecule has 1 atom stereocenters. The number of carbonyl (C=O) groups excluding carboxylic acids is 1. The van der Waals surface area contributed by atoms with Crippen LogP contribution in [0.15, 0.2) is 0 Å². The molecule has 5 heteroatoms. The summed E-state index contributed by atoms with van der Waals surface area (Å²) in [6.07, 6.45) is 2.39. The van der Waals surface area contributed by atoms with Crippen LogP contribution in [0.2, 0.25) is 0 Å². The molecule has 1 aliphatic rings. The fraction of sp³-hybridized carbons (Fsp3) is 0.778. The molecular weight excluding hydrogens is 184 g/mol. The van der Waals surface area contributed by atoms with Gasteiger partial charge in [-0.25, -0.2) is 4.79 Å². The van der Waals surface area contributed by atoms with Crippen molar-refractivity contribution >= 4 is 6.09 Å². The molecule has 0 aromatic carbocycles. The number of hydrogen-bond acceptors (Lipinski definition) is 4. The number of hydrogen-bond donors (Lipinski definition) is 1. The summed E-state index contributed by atoms with van der Waals surface area (Å²) in [5, 5.41) is 17.6. The Morgan fingerprint density at radius 3 is 2.57 bits per heavy atom. The monoisotopic (exact) mass is 198 g/mol. The number of aliphatic hydroxyl groups is 1. The van der Waals surface area contributed by atoms with E-state index in [0.717, 1.165) is 26.2 Å². The maximum Gasteiger partial charge on any atom is 0.413 e. The van der Waals surface area contributed by atoms with Crippen molar-refractivity contribution < 1.29 is 14.6 Å². The van der Waals surface area contributed by atoms with Gasteiger partial charge in [0.05, 0.1) is 0 Å². The molecule has 14 heavy (non-hydrogen) atoms. The first kappa shape index (κ1) is 10.8. The molecular formula is C9H14N2O3. The van der Waals surface area contributed by atoms with E-state index < -0.39 is 11.9 Å². The van der Waals surface area contributed by atoms with Gasteiger partial charge in [-0.2, -0.15) is 5.26 Å². The van der Waals surface area contributed by atoms with Gasteiger partial charge >= 0.3 is 6.09 Å². The summed E-state index contributed by atoms with van der Waals surface area (Å²) < 4.78 is 4.61. The zero-order valence-electron chi connectivity index (χ0n) is 8.19. The van der Waals surface area contributed by atoms with E-state index in [1.54, 1.807) is 0 Å². The highest BCUT2D eigenvalue weighted by Gasteiger charge is 2.28. The van der Waals surface area contributed by atoms with Crippen molar-refractivity contribution in [3.05, 3.63) is 0 Å². The molecule has 0 bridgehead atoms. The molecule has 1 rings (SSSR count). The average Bonchev–Trinajstić information content (AvgIpc) is 2.19. The molecule has 5 nitrogen and oxygen atoms in total. The van der Waals surface area contributed by atoms with Crippen LogP contribution >= 0.6 is 0 Å². The van der Waals surface area contributed by atoms with Crippen LogP contribution in [0.1, 0.15) is 26.2 Å². The zero-order valence-corrected chi connectivity index (χ0v) is 8.19. The molecule has 0 aromatic heterocycles. The van der Waals surface area contributed by atoms with Crippen molar-refractivity contribution in [2.75, 3.05) is 13.1 Å². The minimum atomic E-state index is -2.02. The highest BCUT2D eigenvalue weighted by atomic mass is 16.7. The summed E-state index contributed by atoms with van der Waals surface area (Å²) in [5.74, 6) is -2.02. The van der Waals surface area contributed by atoms with Crippen LogP contribution in [-0.4, -0.2) is 35.0 Å². The van der Waals surface area contributed by atoms with Crippen LogP contribution in [0.25, 0.3) is 0 Å². The number of rotatable bonds is 1. The van der Waals surface area contributed by atoms with Crippen LogP contribution in [0.5, 0.6) is 0 Å². The summed E-state index contributed by atoms with van der Waals surface area (Å²) >= 11 is 0. The maximum absolute atomic E-state index is 11.4. The first-order valence-electron chi connectivity index (χ1n) is 4.67. The van der Waals surface area contributed by atoms with Crippen LogP contribution in [-0.2, 0) is 4.74 Å². The Hall–Kier alpha value is -1.28. The van der Waals surface area contributed by atoms with E-state index in [0.29, 0.717) is 13.1 Å². The number of nitriles is 1. The highest BCUT2D eigenvalue weighted by Crippen LogP contribution is 2.13. The fourth-order valence-corrected chi connectivity index (χ4v) is 1.33. The number of ether oxygens (including phenoxy) is 1. The van der Waals surface area contributed by atoms with Gasteiger partial charge < -0.3 is 14.7 Å². The molecule has 1 aliphatic heterocycles. The Morgan fingerprint density at radius 2 is 2.07 bits per heavy atom. The lowest BCUT2D eigenvalue weighted by molar-refractivity contribution is -0.110. The molecule has 0 aliphatic carbocycles. The van der Waals surface area contributed by atoms with Crippen LogP contribution in [0.3, 0.4) is 0 Å². The molecule has 78 valence electrons. The van der Waals surface area contributed by atoms with Gasteiger partial charge in [-0.3, -0.25) is 0 Å². The van der Waals surface area contributed by atoms with Crippen molar-refractivity contribution in [2.24, 2.45) is 0 Å². The van der Waals surface area contributed by atoms with Gasteiger partial charge in [0.1, 0.15) is 6.07 Å². The lowest BCUT2D eigenvalue weighted by Crippen LogP contribution is -2.41. The molecule has 1 unspecified atom stereocenters. The van der Waals surface area contributed by atoms with Gasteiger partial charge in [0.2, 0.25) is 0 Å². The van der Waals surface area contributed by atoms with Gasteiger partial charge in [-0.1, -0.05) is 0 Å². The van der Waals surface area contributed by atoms with E-state index in [-0.39, 0.29) is 0 Å². The lowest BCUT2D eigenvalue weighted by Gasteiger charge is -2.27. The third kappa shape index (κ3) is 2.89.